The van der Waals surface area contributed by atoms with Gasteiger partial charge in [0.15, 0.2) is 0 Å². The Kier molecular flexibility index (Phi) is 7.71. The molecule has 3 aromatic rings. The average Bonchev–Trinajstić information content (AvgIpc) is 2.83. The lowest BCUT2D eigenvalue weighted by Gasteiger charge is -2.10. The van der Waals surface area contributed by atoms with E-state index in [-0.39, 0.29) is 11.1 Å². The van der Waals surface area contributed by atoms with Crippen molar-refractivity contribution in [3.63, 3.8) is 0 Å². The van der Waals surface area contributed by atoms with Gasteiger partial charge in [-0.2, -0.15) is 0 Å². The first kappa shape index (κ1) is 22.2. The highest BCUT2D eigenvalue weighted by Crippen LogP contribution is 2.23. The smallest absolute Gasteiger partial charge is 0.343 e. The second kappa shape index (κ2) is 11.1. The number of benzene rings is 3. The summed E-state index contributed by atoms with van der Waals surface area (Å²) in [7, 11) is 0. The van der Waals surface area contributed by atoms with E-state index in [9.17, 15) is 9.59 Å². The van der Waals surface area contributed by atoms with E-state index in [4.69, 9.17) is 9.47 Å². The SMILES string of the molecule is C=C/C=C\c1ccccc1OC(=O)c1cccc(C(=O)Oc2ccccc2/C=C\C=C)c1. The molecule has 4 heteroatoms. The van der Waals surface area contributed by atoms with Crippen LogP contribution in [0.25, 0.3) is 12.2 Å². The molecule has 0 atom stereocenters. The van der Waals surface area contributed by atoms with Gasteiger partial charge in [0.25, 0.3) is 0 Å². The highest BCUT2D eigenvalue weighted by Gasteiger charge is 2.15. The molecular formula is C28H22O4. The van der Waals surface area contributed by atoms with Crippen LogP contribution < -0.4 is 9.47 Å². The van der Waals surface area contributed by atoms with Gasteiger partial charge in [-0.25, -0.2) is 9.59 Å². The topological polar surface area (TPSA) is 52.6 Å². The highest BCUT2D eigenvalue weighted by atomic mass is 16.5. The molecule has 4 nitrogen and oxygen atoms in total. The fraction of sp³-hybridized carbons (Fsp3) is 0. The molecule has 0 radical (unpaired) electrons. The molecule has 3 rings (SSSR count). The first-order chi connectivity index (χ1) is 15.6. The molecule has 3 aromatic carbocycles. The summed E-state index contributed by atoms with van der Waals surface area (Å²) in [4.78, 5) is 25.4. The van der Waals surface area contributed by atoms with Gasteiger partial charge in [-0.3, -0.25) is 0 Å². The van der Waals surface area contributed by atoms with E-state index in [1.807, 2.05) is 24.3 Å². The van der Waals surface area contributed by atoms with E-state index < -0.39 is 11.9 Å². The lowest BCUT2D eigenvalue weighted by Crippen LogP contribution is -2.13. The van der Waals surface area contributed by atoms with Crippen LogP contribution in [-0.2, 0) is 0 Å². The van der Waals surface area contributed by atoms with Gasteiger partial charge in [0.2, 0.25) is 0 Å². The van der Waals surface area contributed by atoms with Gasteiger partial charge >= 0.3 is 11.9 Å². The highest BCUT2D eigenvalue weighted by molar-refractivity contribution is 5.97. The second-order valence-corrected chi connectivity index (χ2v) is 6.63. The number of hydrogen-bond acceptors (Lipinski definition) is 4. The van der Waals surface area contributed by atoms with Crippen molar-refractivity contribution >= 4 is 24.1 Å². The molecular weight excluding hydrogens is 400 g/mol. The largest absolute Gasteiger partial charge is 0.422 e. The Bertz CT molecular complexity index is 1110. The van der Waals surface area contributed by atoms with E-state index in [2.05, 4.69) is 13.2 Å². The Balaban J connectivity index is 1.79. The predicted molar refractivity (Wildman–Crippen MR) is 128 cm³/mol. The van der Waals surface area contributed by atoms with Crippen molar-refractivity contribution in [1.29, 1.82) is 0 Å². The third kappa shape index (κ3) is 5.80. The molecule has 158 valence electrons. The predicted octanol–water partition coefficient (Wildman–Crippen LogP) is 6.52. The average molecular weight is 422 g/mol. The Morgan fingerprint density at radius 1 is 0.625 bits per heavy atom. The molecule has 0 aliphatic heterocycles. The maximum absolute atomic E-state index is 12.7. The minimum Gasteiger partial charge on any atom is -0.422 e. The number of hydrogen-bond donors (Lipinski definition) is 0. The van der Waals surface area contributed by atoms with E-state index >= 15 is 0 Å². The van der Waals surface area contributed by atoms with Gasteiger partial charge < -0.3 is 9.47 Å². The van der Waals surface area contributed by atoms with Crippen LogP contribution in [0.5, 0.6) is 11.5 Å². The molecule has 0 spiro atoms. The summed E-state index contributed by atoms with van der Waals surface area (Å²) in [6.07, 6.45) is 10.4. The van der Waals surface area contributed by atoms with Crippen LogP contribution in [0.15, 0.2) is 110 Å². The van der Waals surface area contributed by atoms with Crippen molar-refractivity contribution in [2.45, 2.75) is 0 Å². The summed E-state index contributed by atoms with van der Waals surface area (Å²) in [5.41, 5.74) is 1.95. The molecule has 0 heterocycles. The molecule has 0 saturated heterocycles. The molecule has 0 aromatic heterocycles. The lowest BCUT2D eigenvalue weighted by atomic mass is 10.1. The molecule has 0 aliphatic carbocycles. The lowest BCUT2D eigenvalue weighted by molar-refractivity contribution is 0.0734. The van der Waals surface area contributed by atoms with Gasteiger partial charge in [-0.1, -0.05) is 92.1 Å². The monoisotopic (exact) mass is 422 g/mol. The zero-order valence-corrected chi connectivity index (χ0v) is 17.4. The van der Waals surface area contributed by atoms with Crippen molar-refractivity contribution in [1.82, 2.24) is 0 Å². The number of ether oxygens (including phenoxy) is 2. The molecule has 0 bridgehead atoms. The van der Waals surface area contributed by atoms with Crippen molar-refractivity contribution in [2.75, 3.05) is 0 Å². The van der Waals surface area contributed by atoms with Gasteiger partial charge in [-0.05, 0) is 30.3 Å². The quantitative estimate of drug-likeness (QED) is 0.235. The first-order valence-electron chi connectivity index (χ1n) is 9.93. The molecule has 0 N–H and O–H groups in total. The van der Waals surface area contributed by atoms with Crippen LogP contribution in [0.2, 0.25) is 0 Å². The third-order valence-electron chi connectivity index (χ3n) is 4.40. The summed E-state index contributed by atoms with van der Waals surface area (Å²) in [6, 6.07) is 20.5. The summed E-state index contributed by atoms with van der Waals surface area (Å²) < 4.78 is 11.1. The summed E-state index contributed by atoms with van der Waals surface area (Å²) in [6.45, 7) is 7.29. The van der Waals surface area contributed by atoms with Crippen LogP contribution >= 0.6 is 0 Å². The summed E-state index contributed by atoms with van der Waals surface area (Å²) in [5.74, 6) is -0.333. The van der Waals surface area contributed by atoms with Crippen LogP contribution in [0, 0.1) is 0 Å². The molecule has 32 heavy (non-hydrogen) atoms. The van der Waals surface area contributed by atoms with E-state index in [1.165, 1.54) is 6.07 Å². The fourth-order valence-electron chi connectivity index (χ4n) is 2.86. The molecule has 0 amide bonds. The van der Waals surface area contributed by atoms with Crippen LogP contribution in [-0.4, -0.2) is 11.9 Å². The van der Waals surface area contributed by atoms with E-state index in [0.29, 0.717) is 11.5 Å². The molecule has 0 unspecified atom stereocenters. The van der Waals surface area contributed by atoms with Gasteiger partial charge in [-0.15, -0.1) is 0 Å². The van der Waals surface area contributed by atoms with Crippen molar-refractivity contribution in [3.05, 3.63) is 133 Å². The Morgan fingerprint density at radius 2 is 1.06 bits per heavy atom. The van der Waals surface area contributed by atoms with Gasteiger partial charge in [0.1, 0.15) is 11.5 Å². The van der Waals surface area contributed by atoms with Crippen LogP contribution in [0.1, 0.15) is 31.8 Å². The number of esters is 2. The van der Waals surface area contributed by atoms with Crippen molar-refractivity contribution in [3.8, 4) is 11.5 Å². The number of para-hydroxylation sites is 2. The maximum Gasteiger partial charge on any atom is 0.343 e. The number of carbonyl (C=O) groups excluding carboxylic acids is 2. The standard InChI is InChI=1S/C28H22O4/c1-3-5-12-21-14-7-9-18-25(21)31-27(29)23-16-11-17-24(20-23)28(30)32-26-19-10-8-15-22(26)13-6-4-2/h3-20H,1-2H2/b12-5-,13-6-. The van der Waals surface area contributed by atoms with Crippen molar-refractivity contribution < 1.29 is 19.1 Å². The number of allylic oxidation sites excluding steroid dienone is 4. The second-order valence-electron chi connectivity index (χ2n) is 6.63. The Labute approximate surface area is 187 Å². The minimum absolute atomic E-state index is 0.238. The number of rotatable bonds is 8. The van der Waals surface area contributed by atoms with Crippen LogP contribution in [0.3, 0.4) is 0 Å². The molecule has 0 fully saturated rings. The van der Waals surface area contributed by atoms with Crippen LogP contribution in [0.4, 0.5) is 0 Å². The van der Waals surface area contributed by atoms with Gasteiger partial charge in [0, 0.05) is 11.1 Å². The van der Waals surface area contributed by atoms with E-state index in [0.717, 1.165) is 11.1 Å². The van der Waals surface area contributed by atoms with Crippen molar-refractivity contribution in [2.24, 2.45) is 0 Å². The Morgan fingerprint density at radius 3 is 1.50 bits per heavy atom. The first-order valence-corrected chi connectivity index (χ1v) is 9.93. The normalized spacial score (nSPS) is 10.8. The molecule has 0 aliphatic rings. The summed E-state index contributed by atoms with van der Waals surface area (Å²) >= 11 is 0. The van der Waals surface area contributed by atoms with E-state index in [1.54, 1.807) is 78.9 Å². The number of carbonyl (C=O) groups is 2. The zero-order chi connectivity index (χ0) is 22.8. The molecule has 0 saturated carbocycles. The summed E-state index contributed by atoms with van der Waals surface area (Å²) in [5, 5.41) is 0. The van der Waals surface area contributed by atoms with Gasteiger partial charge in [0.05, 0.1) is 11.1 Å². The Hall–Kier alpha value is -4.44. The fourth-order valence-corrected chi connectivity index (χ4v) is 2.86. The minimum atomic E-state index is -0.576. The maximum atomic E-state index is 12.7. The third-order valence-corrected chi connectivity index (χ3v) is 4.40. The zero-order valence-electron chi connectivity index (χ0n) is 17.4.